The highest BCUT2D eigenvalue weighted by atomic mass is 16.2. The van der Waals surface area contributed by atoms with E-state index in [1.807, 2.05) is 13.8 Å². The second kappa shape index (κ2) is 8.14. The van der Waals surface area contributed by atoms with Gasteiger partial charge in [-0.05, 0) is 18.8 Å². The fraction of sp³-hybridized carbons (Fsp3) is 0.579. The van der Waals surface area contributed by atoms with Crippen molar-refractivity contribution >= 4 is 23.8 Å². The molecule has 2 fully saturated rings. The van der Waals surface area contributed by atoms with Crippen molar-refractivity contribution < 1.29 is 19.2 Å². The third-order valence-electron chi connectivity index (χ3n) is 5.44. The minimum Gasteiger partial charge on any atom is -0.358 e. The van der Waals surface area contributed by atoms with E-state index in [1.165, 1.54) is 25.8 Å². The molecule has 10 heteroatoms. The summed E-state index contributed by atoms with van der Waals surface area (Å²) in [5, 5.41) is 2.45. The van der Waals surface area contributed by atoms with Gasteiger partial charge >= 0.3 is 6.03 Å². The van der Waals surface area contributed by atoms with Crippen LogP contribution in [0, 0.1) is 5.92 Å². The molecule has 29 heavy (non-hydrogen) atoms. The molecule has 0 aliphatic carbocycles. The molecule has 156 valence electrons. The number of likely N-dealkylation sites (tertiary alicyclic amines) is 1. The zero-order valence-electron chi connectivity index (χ0n) is 16.9. The van der Waals surface area contributed by atoms with Crippen LogP contribution in [0.5, 0.6) is 0 Å². The van der Waals surface area contributed by atoms with Crippen molar-refractivity contribution in [3.63, 3.8) is 0 Å². The van der Waals surface area contributed by atoms with Gasteiger partial charge in [0, 0.05) is 39.1 Å². The first-order valence-electron chi connectivity index (χ1n) is 9.68. The molecule has 1 aromatic heterocycles. The molecular weight excluding hydrogens is 376 g/mol. The normalized spacial score (nSPS) is 18.7. The van der Waals surface area contributed by atoms with Crippen molar-refractivity contribution in [1.29, 1.82) is 0 Å². The molecule has 2 aliphatic rings. The maximum absolute atomic E-state index is 13.2. The number of nitrogens with one attached hydrogen (secondary N) is 1. The molecule has 0 atom stereocenters. The summed E-state index contributed by atoms with van der Waals surface area (Å²) in [6.45, 7) is 4.72. The summed E-state index contributed by atoms with van der Waals surface area (Å²) in [7, 11) is 1.46. The van der Waals surface area contributed by atoms with E-state index in [0.29, 0.717) is 38.0 Å². The van der Waals surface area contributed by atoms with Crippen molar-refractivity contribution in [3.8, 4) is 0 Å². The molecule has 1 N–H and O–H groups in total. The lowest BCUT2D eigenvalue weighted by Gasteiger charge is -2.42. The van der Waals surface area contributed by atoms with Crippen LogP contribution in [-0.4, -0.2) is 87.2 Å². The van der Waals surface area contributed by atoms with Gasteiger partial charge in [0.15, 0.2) is 0 Å². The van der Waals surface area contributed by atoms with E-state index in [-0.39, 0.29) is 24.3 Å². The third-order valence-corrected chi connectivity index (χ3v) is 5.44. The van der Waals surface area contributed by atoms with E-state index in [4.69, 9.17) is 0 Å². The summed E-state index contributed by atoms with van der Waals surface area (Å²) < 4.78 is 0. The predicted molar refractivity (Wildman–Crippen MR) is 103 cm³/mol. The molecule has 5 amide bonds. The Kier molecular flexibility index (Phi) is 5.81. The quantitative estimate of drug-likeness (QED) is 0.700. The number of carbonyl (C=O) groups excluding carboxylic acids is 4. The summed E-state index contributed by atoms with van der Waals surface area (Å²) in [5.74, 6) is -0.800. The Labute approximate surface area is 169 Å². The van der Waals surface area contributed by atoms with Crippen molar-refractivity contribution in [3.05, 3.63) is 24.3 Å². The molecular formula is C19H26N6O4. The smallest absolute Gasteiger partial charge is 0.328 e. The highest BCUT2D eigenvalue weighted by Crippen LogP contribution is 2.38. The Balaban J connectivity index is 1.81. The van der Waals surface area contributed by atoms with Crippen molar-refractivity contribution in [1.82, 2.24) is 30.0 Å². The molecule has 0 saturated carbocycles. The van der Waals surface area contributed by atoms with E-state index in [1.54, 1.807) is 9.80 Å². The summed E-state index contributed by atoms with van der Waals surface area (Å²) in [5.41, 5.74) is -0.628. The first-order chi connectivity index (χ1) is 13.8. The highest BCUT2D eigenvalue weighted by molar-refractivity contribution is 6.09. The van der Waals surface area contributed by atoms with Gasteiger partial charge in [-0.2, -0.15) is 0 Å². The number of urea groups is 1. The van der Waals surface area contributed by atoms with Crippen LogP contribution in [0.4, 0.5) is 4.79 Å². The van der Waals surface area contributed by atoms with Crippen LogP contribution in [0.1, 0.15) is 37.0 Å². The van der Waals surface area contributed by atoms with Crippen LogP contribution >= 0.6 is 0 Å². The van der Waals surface area contributed by atoms with Gasteiger partial charge in [-0.15, -0.1) is 0 Å². The summed E-state index contributed by atoms with van der Waals surface area (Å²) in [6, 6.07) is -0.441. The Morgan fingerprint density at radius 1 is 1.17 bits per heavy atom. The van der Waals surface area contributed by atoms with Gasteiger partial charge in [-0.3, -0.25) is 19.3 Å². The van der Waals surface area contributed by atoms with Gasteiger partial charge in [-0.1, -0.05) is 13.8 Å². The molecule has 10 nitrogen and oxygen atoms in total. The maximum atomic E-state index is 13.2. The summed E-state index contributed by atoms with van der Waals surface area (Å²) >= 11 is 0. The molecule has 3 rings (SSSR count). The van der Waals surface area contributed by atoms with E-state index in [2.05, 4.69) is 15.3 Å². The number of hydrogen-bond acceptors (Lipinski definition) is 6. The SMILES string of the molecule is CNC(=O)CN1C(=O)N(CC(C)C)C2(CCN(C(=O)c3cncnc3)CC2)C1=O. The predicted octanol–water partition coefficient (Wildman–Crippen LogP) is 0.118. The van der Waals surface area contributed by atoms with Gasteiger partial charge in [0.05, 0.1) is 5.56 Å². The summed E-state index contributed by atoms with van der Waals surface area (Å²) in [4.78, 5) is 62.7. The number of rotatable bonds is 5. The van der Waals surface area contributed by atoms with Crippen LogP contribution in [0.15, 0.2) is 18.7 Å². The number of carbonyl (C=O) groups is 4. The molecule has 2 aliphatic heterocycles. The van der Waals surface area contributed by atoms with Gasteiger partial charge < -0.3 is 15.1 Å². The van der Waals surface area contributed by atoms with Crippen LogP contribution in [0.3, 0.4) is 0 Å². The van der Waals surface area contributed by atoms with Crippen LogP contribution in [0.2, 0.25) is 0 Å². The number of likely N-dealkylation sites (N-methyl/N-ethyl adjacent to an activating group) is 1. The topological polar surface area (TPSA) is 116 Å². The monoisotopic (exact) mass is 402 g/mol. The largest absolute Gasteiger partial charge is 0.358 e. The Morgan fingerprint density at radius 3 is 2.34 bits per heavy atom. The number of hydrogen-bond donors (Lipinski definition) is 1. The first kappa shape index (κ1) is 20.7. The molecule has 2 saturated heterocycles. The van der Waals surface area contributed by atoms with E-state index in [0.717, 1.165) is 4.90 Å². The molecule has 3 heterocycles. The van der Waals surface area contributed by atoms with Crippen molar-refractivity contribution in [2.75, 3.05) is 33.2 Å². The maximum Gasteiger partial charge on any atom is 0.328 e. The number of nitrogens with zero attached hydrogens (tertiary/aromatic N) is 5. The van der Waals surface area contributed by atoms with Crippen LogP contribution in [0.25, 0.3) is 0 Å². The average Bonchev–Trinajstić information content (AvgIpc) is 2.90. The number of amides is 5. The Hall–Kier alpha value is -3.04. The van der Waals surface area contributed by atoms with E-state index >= 15 is 0 Å². The Morgan fingerprint density at radius 2 is 1.79 bits per heavy atom. The zero-order chi connectivity index (χ0) is 21.2. The first-order valence-corrected chi connectivity index (χ1v) is 9.68. The minimum absolute atomic E-state index is 0.157. The van der Waals surface area contributed by atoms with Crippen molar-refractivity contribution in [2.45, 2.75) is 32.2 Å². The Bertz CT molecular complexity index is 804. The number of imide groups is 1. The molecule has 0 unspecified atom stereocenters. The molecule has 0 radical (unpaired) electrons. The van der Waals surface area contributed by atoms with Gasteiger partial charge in [0.1, 0.15) is 18.4 Å². The van der Waals surface area contributed by atoms with Crippen molar-refractivity contribution in [2.24, 2.45) is 5.92 Å². The lowest BCUT2D eigenvalue weighted by Crippen LogP contribution is -2.58. The third kappa shape index (κ3) is 3.79. The number of aromatic nitrogens is 2. The highest BCUT2D eigenvalue weighted by Gasteiger charge is 2.58. The average molecular weight is 402 g/mol. The lowest BCUT2D eigenvalue weighted by atomic mass is 9.85. The van der Waals surface area contributed by atoms with E-state index < -0.39 is 17.5 Å². The zero-order valence-corrected chi connectivity index (χ0v) is 16.9. The van der Waals surface area contributed by atoms with Gasteiger partial charge in [0.25, 0.3) is 11.8 Å². The van der Waals surface area contributed by atoms with E-state index in [9.17, 15) is 19.2 Å². The lowest BCUT2D eigenvalue weighted by molar-refractivity contribution is -0.138. The van der Waals surface area contributed by atoms with Crippen LogP contribution in [-0.2, 0) is 9.59 Å². The second-order valence-corrected chi connectivity index (χ2v) is 7.80. The summed E-state index contributed by atoms with van der Waals surface area (Å²) in [6.07, 6.45) is 4.93. The van der Waals surface area contributed by atoms with Gasteiger partial charge in [0.2, 0.25) is 5.91 Å². The molecule has 0 bridgehead atoms. The minimum atomic E-state index is -1.01. The van der Waals surface area contributed by atoms with Gasteiger partial charge in [-0.25, -0.2) is 14.8 Å². The van der Waals surface area contributed by atoms with Crippen LogP contribution < -0.4 is 5.32 Å². The fourth-order valence-electron chi connectivity index (χ4n) is 3.92. The number of piperidine rings is 1. The standard InChI is InChI=1S/C19H26N6O4/c1-13(2)10-25-18(29)24(11-15(26)20-3)17(28)19(25)4-6-23(7-5-19)16(27)14-8-21-12-22-9-14/h8-9,12-13H,4-7,10-11H2,1-3H3,(H,20,26). The molecule has 1 aromatic rings. The fourth-order valence-corrected chi connectivity index (χ4v) is 3.92. The molecule has 1 spiro atoms. The molecule has 0 aromatic carbocycles. The second-order valence-electron chi connectivity index (χ2n) is 7.80.